The molecule has 2 aromatic carbocycles. The van der Waals surface area contributed by atoms with Crippen LogP contribution in [0.2, 0.25) is 0 Å². The highest BCUT2D eigenvalue weighted by Crippen LogP contribution is 2.49. The Kier molecular flexibility index (Phi) is 4.78. The maximum Gasteiger partial charge on any atom is 0.261 e. The second kappa shape index (κ2) is 7.71. The summed E-state index contributed by atoms with van der Waals surface area (Å²) in [5.41, 5.74) is 3.45. The van der Waals surface area contributed by atoms with Gasteiger partial charge in [0.2, 0.25) is 5.91 Å². The van der Waals surface area contributed by atoms with Crippen LogP contribution in [0.15, 0.2) is 48.5 Å². The number of carbonyl (C=O) groups is 2. The van der Waals surface area contributed by atoms with Crippen molar-refractivity contribution in [3.63, 3.8) is 0 Å². The fourth-order valence-corrected chi connectivity index (χ4v) is 5.91. The molecule has 6 rings (SSSR count). The van der Waals surface area contributed by atoms with E-state index in [2.05, 4.69) is 33.1 Å². The van der Waals surface area contributed by atoms with Crippen molar-refractivity contribution < 1.29 is 9.59 Å². The van der Waals surface area contributed by atoms with Gasteiger partial charge in [-0.2, -0.15) is 0 Å². The van der Waals surface area contributed by atoms with Crippen LogP contribution in [0.4, 0.5) is 5.69 Å². The first-order valence-electron chi connectivity index (χ1n) is 11.9. The first kappa shape index (κ1) is 20.4. The summed E-state index contributed by atoms with van der Waals surface area (Å²) in [6, 6.07) is 15.9. The van der Waals surface area contributed by atoms with E-state index in [-0.39, 0.29) is 11.8 Å². The maximum absolute atomic E-state index is 13.8. The lowest BCUT2D eigenvalue weighted by Crippen LogP contribution is -2.60. The van der Waals surface area contributed by atoms with Crippen molar-refractivity contribution in [2.45, 2.75) is 18.9 Å². The second-order valence-electron chi connectivity index (χ2n) is 9.24. The quantitative estimate of drug-likeness (QED) is 0.652. The predicted octanol–water partition coefficient (Wildman–Crippen LogP) is 2.39. The second-order valence-corrected chi connectivity index (χ2v) is 9.24. The fourth-order valence-electron chi connectivity index (χ4n) is 5.91. The van der Waals surface area contributed by atoms with Crippen LogP contribution in [-0.2, 0) is 21.5 Å². The standard InChI is InChI=1S/C26H29N5O2/c1-2-29-13-15-30(16-14-29)17-23(32)31-12-11-19-18-7-3-5-9-21(18)27-24(19)26(31)20-8-4-6-10-22(20)28-25(26)33/h3-10,27H,2,11-17H2,1H3,(H,28,33). The van der Waals surface area contributed by atoms with Crippen LogP contribution in [0, 0.1) is 0 Å². The highest BCUT2D eigenvalue weighted by atomic mass is 16.2. The van der Waals surface area contributed by atoms with Crippen molar-refractivity contribution in [1.82, 2.24) is 19.7 Å². The molecule has 3 aliphatic rings. The molecule has 33 heavy (non-hydrogen) atoms. The Hall–Kier alpha value is -3.16. The van der Waals surface area contributed by atoms with Crippen molar-refractivity contribution in [2.24, 2.45) is 0 Å². The van der Waals surface area contributed by atoms with E-state index in [4.69, 9.17) is 0 Å². The van der Waals surface area contributed by atoms with E-state index in [0.29, 0.717) is 13.1 Å². The molecule has 0 radical (unpaired) electrons. The monoisotopic (exact) mass is 443 g/mol. The van der Waals surface area contributed by atoms with Gasteiger partial charge in [-0.1, -0.05) is 43.3 Å². The normalized spacial score (nSPS) is 23.1. The van der Waals surface area contributed by atoms with E-state index in [1.54, 1.807) is 0 Å². The number of rotatable bonds is 3. The molecule has 0 aliphatic carbocycles. The molecule has 2 N–H and O–H groups in total. The minimum atomic E-state index is -1.16. The van der Waals surface area contributed by atoms with Gasteiger partial charge in [-0.05, 0) is 30.7 Å². The molecule has 1 fully saturated rings. The summed E-state index contributed by atoms with van der Waals surface area (Å²) in [4.78, 5) is 37.6. The average Bonchev–Trinajstić information content (AvgIpc) is 3.36. The number of piperazine rings is 1. The maximum atomic E-state index is 13.8. The third kappa shape index (κ3) is 2.96. The summed E-state index contributed by atoms with van der Waals surface area (Å²) < 4.78 is 0. The van der Waals surface area contributed by atoms with Crippen LogP contribution in [0.25, 0.3) is 10.9 Å². The number of aromatic amines is 1. The summed E-state index contributed by atoms with van der Waals surface area (Å²) in [6.07, 6.45) is 0.728. The van der Waals surface area contributed by atoms with Crippen molar-refractivity contribution in [3.05, 3.63) is 65.4 Å². The number of anilines is 1. The number of amides is 2. The molecule has 4 heterocycles. The van der Waals surface area contributed by atoms with Crippen molar-refractivity contribution >= 4 is 28.4 Å². The smallest absolute Gasteiger partial charge is 0.261 e. The summed E-state index contributed by atoms with van der Waals surface area (Å²) in [5.74, 6) is -0.142. The van der Waals surface area contributed by atoms with E-state index in [1.807, 2.05) is 47.4 Å². The van der Waals surface area contributed by atoms with E-state index in [1.165, 1.54) is 0 Å². The van der Waals surface area contributed by atoms with Crippen molar-refractivity contribution in [3.8, 4) is 0 Å². The Morgan fingerprint density at radius 3 is 2.52 bits per heavy atom. The number of benzene rings is 2. The number of nitrogens with zero attached hydrogens (tertiary/aromatic N) is 3. The van der Waals surface area contributed by atoms with Crippen LogP contribution in [0.3, 0.4) is 0 Å². The highest BCUT2D eigenvalue weighted by Gasteiger charge is 2.58. The van der Waals surface area contributed by atoms with Crippen molar-refractivity contribution in [2.75, 3.05) is 51.1 Å². The Labute approximate surface area is 193 Å². The zero-order valence-corrected chi connectivity index (χ0v) is 18.9. The van der Waals surface area contributed by atoms with Gasteiger partial charge >= 0.3 is 0 Å². The van der Waals surface area contributed by atoms with Crippen LogP contribution >= 0.6 is 0 Å². The number of fused-ring (bicyclic) bond motifs is 6. The average molecular weight is 444 g/mol. The van der Waals surface area contributed by atoms with Gasteiger partial charge in [-0.3, -0.25) is 14.5 Å². The number of hydrogen-bond donors (Lipinski definition) is 2. The molecule has 1 aromatic heterocycles. The van der Waals surface area contributed by atoms with Gasteiger partial charge < -0.3 is 20.1 Å². The summed E-state index contributed by atoms with van der Waals surface area (Å²) in [6.45, 7) is 7.77. The first-order valence-corrected chi connectivity index (χ1v) is 11.9. The fraction of sp³-hybridized carbons (Fsp3) is 0.385. The number of carbonyl (C=O) groups excluding carboxylic acids is 2. The van der Waals surface area contributed by atoms with Crippen molar-refractivity contribution in [1.29, 1.82) is 0 Å². The lowest BCUT2D eigenvalue weighted by Gasteiger charge is -2.44. The third-order valence-electron chi connectivity index (χ3n) is 7.63. The molecule has 1 atom stereocenters. The lowest BCUT2D eigenvalue weighted by atomic mass is 9.79. The molecule has 0 saturated carbocycles. The van der Waals surface area contributed by atoms with E-state index < -0.39 is 5.54 Å². The zero-order valence-electron chi connectivity index (χ0n) is 18.9. The van der Waals surface area contributed by atoms with Crippen LogP contribution in [0.1, 0.15) is 23.7 Å². The molecule has 1 saturated heterocycles. The number of para-hydroxylation sites is 2. The first-order chi connectivity index (χ1) is 16.1. The zero-order chi connectivity index (χ0) is 22.6. The van der Waals surface area contributed by atoms with E-state index >= 15 is 0 Å². The molecular weight excluding hydrogens is 414 g/mol. The lowest BCUT2D eigenvalue weighted by molar-refractivity contribution is -0.145. The third-order valence-corrected chi connectivity index (χ3v) is 7.63. The summed E-state index contributed by atoms with van der Waals surface area (Å²) in [5, 5.41) is 4.20. The van der Waals surface area contributed by atoms with Gasteiger partial charge in [0.1, 0.15) is 0 Å². The largest absolute Gasteiger partial charge is 0.355 e. The Balaban J connectivity index is 1.44. The number of likely N-dealkylation sites (N-methyl/N-ethyl adjacent to an activating group) is 1. The van der Waals surface area contributed by atoms with Gasteiger partial charge in [-0.25, -0.2) is 0 Å². The number of aromatic nitrogens is 1. The minimum absolute atomic E-state index is 0.0103. The van der Waals surface area contributed by atoms with E-state index in [0.717, 1.165) is 72.6 Å². The number of H-pyrrole nitrogens is 1. The summed E-state index contributed by atoms with van der Waals surface area (Å²) in [7, 11) is 0. The molecule has 3 aromatic rings. The molecule has 1 spiro atoms. The van der Waals surface area contributed by atoms with Gasteiger partial charge in [0.15, 0.2) is 5.54 Å². The predicted molar refractivity (Wildman–Crippen MR) is 128 cm³/mol. The van der Waals surface area contributed by atoms with Gasteiger partial charge in [-0.15, -0.1) is 0 Å². The molecule has 3 aliphatic heterocycles. The van der Waals surface area contributed by atoms with Gasteiger partial charge in [0.25, 0.3) is 5.91 Å². The van der Waals surface area contributed by atoms with Crippen LogP contribution in [-0.4, -0.2) is 77.3 Å². The molecule has 0 bridgehead atoms. The molecule has 170 valence electrons. The molecule has 7 nitrogen and oxygen atoms in total. The van der Waals surface area contributed by atoms with Gasteiger partial charge in [0, 0.05) is 54.9 Å². The molecule has 7 heteroatoms. The topological polar surface area (TPSA) is 71.7 Å². The Morgan fingerprint density at radius 1 is 0.970 bits per heavy atom. The highest BCUT2D eigenvalue weighted by molar-refractivity contribution is 6.11. The minimum Gasteiger partial charge on any atom is -0.355 e. The molecular formula is C26H29N5O2. The SMILES string of the molecule is CCN1CCN(CC(=O)N2CCc3c([nH]c4ccccc34)C23C(=O)Nc2ccccc23)CC1. The Bertz CT molecular complexity index is 1240. The van der Waals surface area contributed by atoms with Crippen LogP contribution < -0.4 is 5.32 Å². The molecule has 2 amide bonds. The number of hydrogen-bond acceptors (Lipinski definition) is 4. The van der Waals surface area contributed by atoms with Crippen LogP contribution in [0.5, 0.6) is 0 Å². The number of nitrogens with one attached hydrogen (secondary N) is 2. The molecule has 1 unspecified atom stereocenters. The van der Waals surface area contributed by atoms with E-state index in [9.17, 15) is 9.59 Å². The van der Waals surface area contributed by atoms with Gasteiger partial charge in [0.05, 0.1) is 12.2 Å². The Morgan fingerprint density at radius 2 is 1.70 bits per heavy atom. The summed E-state index contributed by atoms with van der Waals surface area (Å²) >= 11 is 0.